The van der Waals surface area contributed by atoms with Gasteiger partial charge in [0, 0.05) is 12.0 Å². The predicted octanol–water partition coefficient (Wildman–Crippen LogP) is 2.14. The Hall–Kier alpha value is -1.35. The molecular weight excluding hydrogens is 212 g/mol. The molecule has 92 valence electrons. The molecule has 1 amide bonds. The zero-order valence-corrected chi connectivity index (χ0v) is 10.3. The van der Waals surface area contributed by atoms with Crippen molar-refractivity contribution in [2.75, 3.05) is 0 Å². The molecule has 1 aromatic rings. The van der Waals surface area contributed by atoms with Crippen LogP contribution in [0.15, 0.2) is 30.3 Å². The van der Waals surface area contributed by atoms with Crippen molar-refractivity contribution in [3.8, 4) is 0 Å². The fourth-order valence-electron chi connectivity index (χ4n) is 2.24. The van der Waals surface area contributed by atoms with Crippen molar-refractivity contribution in [2.24, 2.45) is 5.73 Å². The Bertz CT molecular complexity index is 384. The summed E-state index contributed by atoms with van der Waals surface area (Å²) in [5.74, 6) is 0.0588. The summed E-state index contributed by atoms with van der Waals surface area (Å²) >= 11 is 0. The van der Waals surface area contributed by atoms with Gasteiger partial charge in [-0.15, -0.1) is 0 Å². The maximum absolute atomic E-state index is 11.8. The van der Waals surface area contributed by atoms with Crippen LogP contribution in [0.3, 0.4) is 0 Å². The second-order valence-electron chi connectivity index (χ2n) is 5.09. The molecule has 3 heteroatoms. The van der Waals surface area contributed by atoms with E-state index in [9.17, 15) is 4.79 Å². The Kier molecular flexibility index (Phi) is 3.48. The summed E-state index contributed by atoms with van der Waals surface area (Å²) in [5, 5.41) is 3.00. The Morgan fingerprint density at radius 1 is 1.41 bits per heavy atom. The highest BCUT2D eigenvalue weighted by Gasteiger charge is 2.34. The van der Waals surface area contributed by atoms with Crippen LogP contribution in [0.2, 0.25) is 0 Å². The molecule has 0 aliphatic heterocycles. The van der Waals surface area contributed by atoms with Gasteiger partial charge in [-0.2, -0.15) is 0 Å². The molecule has 1 aromatic carbocycles. The largest absolute Gasteiger partial charge is 0.350 e. The van der Waals surface area contributed by atoms with Crippen LogP contribution < -0.4 is 11.1 Å². The molecule has 1 saturated carbocycles. The highest BCUT2D eigenvalue weighted by molar-refractivity contribution is 5.77. The Morgan fingerprint density at radius 2 is 2.06 bits per heavy atom. The second-order valence-corrected chi connectivity index (χ2v) is 5.09. The van der Waals surface area contributed by atoms with E-state index in [1.54, 1.807) is 0 Å². The van der Waals surface area contributed by atoms with E-state index in [4.69, 9.17) is 5.73 Å². The van der Waals surface area contributed by atoms with Gasteiger partial charge in [-0.3, -0.25) is 4.79 Å². The molecule has 1 unspecified atom stereocenters. The summed E-state index contributed by atoms with van der Waals surface area (Å²) in [7, 11) is 0. The number of nitrogens with two attached hydrogens (primary N) is 1. The van der Waals surface area contributed by atoms with Gasteiger partial charge in [0.15, 0.2) is 0 Å². The number of hydrogen-bond donors (Lipinski definition) is 2. The number of hydrogen-bond acceptors (Lipinski definition) is 2. The highest BCUT2D eigenvalue weighted by Crippen LogP contribution is 2.32. The van der Waals surface area contributed by atoms with Crippen LogP contribution in [-0.2, 0) is 4.79 Å². The van der Waals surface area contributed by atoms with E-state index in [1.165, 1.54) is 0 Å². The average molecular weight is 232 g/mol. The maximum Gasteiger partial charge on any atom is 0.222 e. The number of rotatable bonds is 4. The fraction of sp³-hybridized carbons (Fsp3) is 0.500. The third-order valence-electron chi connectivity index (χ3n) is 3.54. The van der Waals surface area contributed by atoms with Gasteiger partial charge in [0.2, 0.25) is 5.91 Å². The predicted molar refractivity (Wildman–Crippen MR) is 68.4 cm³/mol. The van der Waals surface area contributed by atoms with Crippen molar-refractivity contribution in [1.82, 2.24) is 5.32 Å². The molecule has 1 aliphatic rings. The van der Waals surface area contributed by atoms with E-state index >= 15 is 0 Å². The van der Waals surface area contributed by atoms with Gasteiger partial charge in [-0.05, 0) is 31.7 Å². The zero-order valence-electron chi connectivity index (χ0n) is 10.3. The number of amides is 1. The summed E-state index contributed by atoms with van der Waals surface area (Å²) < 4.78 is 0. The molecule has 3 nitrogen and oxygen atoms in total. The molecular formula is C14H20N2O. The molecule has 0 aromatic heterocycles. The smallest absolute Gasteiger partial charge is 0.222 e. The van der Waals surface area contributed by atoms with Crippen LogP contribution in [0.5, 0.6) is 0 Å². The van der Waals surface area contributed by atoms with Crippen molar-refractivity contribution in [2.45, 2.75) is 44.2 Å². The van der Waals surface area contributed by atoms with Gasteiger partial charge in [0.05, 0.1) is 6.04 Å². The van der Waals surface area contributed by atoms with E-state index in [0.29, 0.717) is 6.42 Å². The first-order chi connectivity index (χ1) is 8.09. The lowest BCUT2D eigenvalue weighted by Gasteiger charge is -2.37. The maximum atomic E-state index is 11.8. The Morgan fingerprint density at radius 3 is 2.59 bits per heavy atom. The first kappa shape index (κ1) is 12.1. The number of carbonyl (C=O) groups excluding carboxylic acids is 1. The lowest BCUT2D eigenvalue weighted by atomic mass is 9.75. The lowest BCUT2D eigenvalue weighted by molar-refractivity contribution is -0.123. The molecule has 2 rings (SSSR count). The van der Waals surface area contributed by atoms with Crippen LogP contribution >= 0.6 is 0 Å². The van der Waals surface area contributed by atoms with E-state index in [0.717, 1.165) is 24.8 Å². The van der Waals surface area contributed by atoms with E-state index in [2.05, 4.69) is 5.32 Å². The molecule has 3 N–H and O–H groups in total. The first-order valence-electron chi connectivity index (χ1n) is 6.22. The Balaban J connectivity index is 1.86. The molecule has 1 atom stereocenters. The van der Waals surface area contributed by atoms with Crippen molar-refractivity contribution < 1.29 is 4.79 Å². The SMILES string of the molecule is CC(NC(=O)CC1(N)CCC1)c1ccccc1. The minimum Gasteiger partial charge on any atom is -0.350 e. The molecule has 0 radical (unpaired) electrons. The molecule has 0 bridgehead atoms. The quantitative estimate of drug-likeness (QED) is 0.835. The van der Waals surface area contributed by atoms with Gasteiger partial charge >= 0.3 is 0 Å². The lowest BCUT2D eigenvalue weighted by Crippen LogP contribution is -2.50. The standard InChI is InChI=1S/C14H20N2O/c1-11(12-6-3-2-4-7-12)16-13(17)10-14(15)8-5-9-14/h2-4,6-7,11H,5,8-10,15H2,1H3,(H,16,17). The van der Waals surface area contributed by atoms with Crippen LogP contribution in [0, 0.1) is 0 Å². The summed E-state index contributed by atoms with van der Waals surface area (Å²) in [6.07, 6.45) is 3.54. The molecule has 0 heterocycles. The topological polar surface area (TPSA) is 55.1 Å². The Labute approximate surface area is 102 Å². The number of benzene rings is 1. The third kappa shape index (κ3) is 3.07. The van der Waals surface area contributed by atoms with Crippen molar-refractivity contribution in [3.63, 3.8) is 0 Å². The molecule has 1 aliphatic carbocycles. The molecule has 0 saturated heterocycles. The van der Waals surface area contributed by atoms with Gasteiger partial charge in [0.1, 0.15) is 0 Å². The van der Waals surface area contributed by atoms with Crippen LogP contribution in [-0.4, -0.2) is 11.4 Å². The van der Waals surface area contributed by atoms with E-state index < -0.39 is 0 Å². The summed E-state index contributed by atoms with van der Waals surface area (Å²) in [5.41, 5.74) is 6.95. The molecule has 17 heavy (non-hydrogen) atoms. The first-order valence-corrected chi connectivity index (χ1v) is 6.22. The number of carbonyl (C=O) groups is 1. The van der Waals surface area contributed by atoms with E-state index in [1.807, 2.05) is 37.3 Å². The third-order valence-corrected chi connectivity index (χ3v) is 3.54. The summed E-state index contributed by atoms with van der Waals surface area (Å²) in [6, 6.07) is 10.0. The van der Waals surface area contributed by atoms with Crippen molar-refractivity contribution in [3.05, 3.63) is 35.9 Å². The highest BCUT2D eigenvalue weighted by atomic mass is 16.1. The van der Waals surface area contributed by atoms with Crippen LogP contribution in [0.25, 0.3) is 0 Å². The summed E-state index contributed by atoms with van der Waals surface area (Å²) in [6.45, 7) is 2.00. The molecule has 0 spiro atoms. The van der Waals surface area contributed by atoms with Gasteiger partial charge in [-0.25, -0.2) is 0 Å². The van der Waals surface area contributed by atoms with Gasteiger partial charge < -0.3 is 11.1 Å². The minimum atomic E-state index is -0.236. The van der Waals surface area contributed by atoms with Crippen LogP contribution in [0.1, 0.15) is 44.2 Å². The number of nitrogens with one attached hydrogen (secondary N) is 1. The minimum absolute atomic E-state index is 0.0485. The van der Waals surface area contributed by atoms with Crippen molar-refractivity contribution >= 4 is 5.91 Å². The molecule has 1 fully saturated rings. The zero-order chi connectivity index (χ0) is 12.3. The second kappa shape index (κ2) is 4.88. The average Bonchev–Trinajstić information content (AvgIpc) is 2.28. The van der Waals surface area contributed by atoms with Crippen LogP contribution in [0.4, 0.5) is 0 Å². The van der Waals surface area contributed by atoms with Crippen molar-refractivity contribution in [1.29, 1.82) is 0 Å². The summed E-state index contributed by atoms with van der Waals surface area (Å²) in [4.78, 5) is 11.8. The fourth-order valence-corrected chi connectivity index (χ4v) is 2.24. The van der Waals surface area contributed by atoms with Gasteiger partial charge in [-0.1, -0.05) is 30.3 Å². The van der Waals surface area contributed by atoms with E-state index in [-0.39, 0.29) is 17.5 Å². The van der Waals surface area contributed by atoms with Gasteiger partial charge in [0.25, 0.3) is 0 Å². The monoisotopic (exact) mass is 232 g/mol. The normalized spacial score (nSPS) is 19.2.